The number of ether oxygens (including phenoxy) is 1. The second-order valence-corrected chi connectivity index (χ2v) is 4.56. The number of phenolic OH excluding ortho intramolecular Hbond substituents is 1. The molecule has 0 radical (unpaired) electrons. The summed E-state index contributed by atoms with van der Waals surface area (Å²) in [6.45, 7) is 1.75. The fourth-order valence-electron chi connectivity index (χ4n) is 1.26. The van der Waals surface area contributed by atoms with E-state index in [0.717, 1.165) is 0 Å². The lowest BCUT2D eigenvalue weighted by Gasteiger charge is -2.08. The van der Waals surface area contributed by atoms with Gasteiger partial charge in [-0.1, -0.05) is 31.9 Å². The van der Waals surface area contributed by atoms with Crippen molar-refractivity contribution in [1.29, 1.82) is 0 Å². The van der Waals surface area contributed by atoms with Crippen LogP contribution in [0.5, 0.6) is 5.75 Å². The molecule has 0 aliphatic rings. The highest BCUT2D eigenvalue weighted by atomic mass is 79.9. The van der Waals surface area contributed by atoms with E-state index in [1.54, 1.807) is 19.1 Å². The fourth-order valence-corrected chi connectivity index (χ4v) is 1.96. The highest BCUT2D eigenvalue weighted by Gasteiger charge is 2.12. The minimum atomic E-state index is -0.422. The average molecular weight is 364 g/mol. The summed E-state index contributed by atoms with van der Waals surface area (Å²) >= 11 is 6.48. The van der Waals surface area contributed by atoms with Gasteiger partial charge in [0.25, 0.3) is 0 Å². The molecule has 0 fully saturated rings. The Morgan fingerprint density at radius 3 is 2.71 bits per heavy atom. The van der Waals surface area contributed by atoms with Crippen LogP contribution in [0.3, 0.4) is 0 Å². The number of carbonyl (C=O) groups is 1. The van der Waals surface area contributed by atoms with E-state index < -0.39 is 5.97 Å². The maximum absolute atomic E-state index is 11.8. The lowest BCUT2D eigenvalue weighted by molar-refractivity contribution is 0.0627. The molecule has 0 heterocycles. The first-order valence-corrected chi connectivity index (χ1v) is 7.15. The lowest BCUT2D eigenvalue weighted by atomic mass is 10.1. The Labute approximate surface area is 117 Å². The second kappa shape index (κ2) is 6.81. The van der Waals surface area contributed by atoms with Gasteiger partial charge in [-0.05, 0) is 36.8 Å². The molecule has 1 aromatic carbocycles. The number of aryl methyl sites for hydroxylation is 1. The zero-order chi connectivity index (χ0) is 12.8. The van der Waals surface area contributed by atoms with E-state index >= 15 is 0 Å². The van der Waals surface area contributed by atoms with Crippen molar-refractivity contribution >= 4 is 37.8 Å². The summed E-state index contributed by atoms with van der Waals surface area (Å²) in [5.41, 5.74) is 1.13. The third-order valence-electron chi connectivity index (χ3n) is 2.09. The van der Waals surface area contributed by atoms with Crippen LogP contribution in [0.2, 0.25) is 0 Å². The number of hydrogen-bond donors (Lipinski definition) is 1. The van der Waals surface area contributed by atoms with Gasteiger partial charge in [-0.15, -0.1) is 0 Å². The molecule has 3 nitrogen and oxygen atoms in total. The number of phenols is 1. The molecule has 0 aliphatic carbocycles. The van der Waals surface area contributed by atoms with E-state index in [-0.39, 0.29) is 5.75 Å². The second-order valence-electron chi connectivity index (χ2n) is 3.35. The minimum Gasteiger partial charge on any atom is -0.508 e. The van der Waals surface area contributed by atoms with Crippen molar-refractivity contribution in [2.24, 2.45) is 0 Å². The zero-order valence-corrected chi connectivity index (χ0v) is 12.4. The van der Waals surface area contributed by atoms with Crippen molar-refractivity contribution in [3.8, 4) is 5.75 Å². The van der Waals surface area contributed by atoms with Gasteiger partial charge in [0, 0.05) is 5.33 Å². The van der Waals surface area contributed by atoms with Gasteiger partial charge < -0.3 is 9.84 Å². The first kappa shape index (κ1) is 14.3. The Morgan fingerprint density at radius 2 is 2.18 bits per heavy atom. The summed E-state index contributed by atoms with van der Waals surface area (Å²) in [6.07, 6.45) is 1.77. The molecule has 0 aliphatic heterocycles. The van der Waals surface area contributed by atoms with Crippen molar-refractivity contribution < 1.29 is 14.6 Å². The number of alkyl halides is 2. The van der Waals surface area contributed by atoms with Gasteiger partial charge in [-0.2, -0.15) is 0 Å². The molecule has 0 spiro atoms. The predicted octanol–water partition coefficient (Wildman–Crippen LogP) is 3.53. The Hall–Kier alpha value is -0.810. The lowest BCUT2D eigenvalue weighted by Crippen LogP contribution is -2.07. The molecule has 17 heavy (non-hydrogen) atoms. The van der Waals surface area contributed by atoms with Crippen LogP contribution in [0.4, 0.5) is 0 Å². The standard InChI is InChI=1S/C12H12Br2O3/c1-8-6-9(15)2-3-11(8)12(16)17-10(7-14)4-5-13/h2-4,6,15H,5,7H2,1H3. The molecule has 92 valence electrons. The molecule has 0 unspecified atom stereocenters. The molecule has 1 N–H and O–H groups in total. The molecular weight excluding hydrogens is 352 g/mol. The topological polar surface area (TPSA) is 46.5 Å². The average Bonchev–Trinajstić information content (AvgIpc) is 2.28. The summed E-state index contributed by atoms with van der Waals surface area (Å²) in [5.74, 6) is 0.268. The van der Waals surface area contributed by atoms with E-state index in [4.69, 9.17) is 4.74 Å². The van der Waals surface area contributed by atoms with Crippen LogP contribution in [0.25, 0.3) is 0 Å². The number of aromatic hydroxyl groups is 1. The summed E-state index contributed by atoms with van der Waals surface area (Å²) in [6, 6.07) is 4.54. The third-order valence-corrected chi connectivity index (χ3v) is 2.97. The molecule has 0 aromatic heterocycles. The number of halogens is 2. The monoisotopic (exact) mass is 362 g/mol. The molecule has 5 heteroatoms. The number of rotatable bonds is 4. The number of esters is 1. The molecular formula is C12H12Br2O3. The minimum absolute atomic E-state index is 0.135. The number of allylic oxidation sites excluding steroid dienone is 2. The predicted molar refractivity (Wildman–Crippen MR) is 73.9 cm³/mol. The van der Waals surface area contributed by atoms with Gasteiger partial charge in [0.15, 0.2) is 0 Å². The Balaban J connectivity index is 2.86. The van der Waals surface area contributed by atoms with Crippen LogP contribution >= 0.6 is 31.9 Å². The van der Waals surface area contributed by atoms with Crippen LogP contribution in [0.15, 0.2) is 30.0 Å². The van der Waals surface area contributed by atoms with Crippen LogP contribution in [0.1, 0.15) is 15.9 Å². The summed E-state index contributed by atoms with van der Waals surface area (Å²) in [7, 11) is 0. The SMILES string of the molecule is Cc1cc(O)ccc1C(=O)OC(=CCBr)CBr. The summed E-state index contributed by atoms with van der Waals surface area (Å²) in [4.78, 5) is 11.8. The molecule has 0 saturated heterocycles. The molecule has 1 aromatic rings. The van der Waals surface area contributed by atoms with E-state index in [0.29, 0.717) is 27.5 Å². The first-order valence-electron chi connectivity index (χ1n) is 4.91. The third kappa shape index (κ3) is 4.16. The van der Waals surface area contributed by atoms with Gasteiger partial charge in [0.05, 0.1) is 10.9 Å². The normalized spacial score (nSPS) is 11.4. The molecule has 0 saturated carbocycles. The molecule has 0 atom stereocenters. The summed E-state index contributed by atoms with van der Waals surface area (Å²) < 4.78 is 5.21. The zero-order valence-electron chi connectivity index (χ0n) is 9.24. The van der Waals surface area contributed by atoms with E-state index in [1.165, 1.54) is 12.1 Å². The van der Waals surface area contributed by atoms with Crippen LogP contribution < -0.4 is 0 Å². The number of hydrogen-bond acceptors (Lipinski definition) is 3. The van der Waals surface area contributed by atoms with Crippen LogP contribution in [-0.4, -0.2) is 21.7 Å². The van der Waals surface area contributed by atoms with Gasteiger partial charge >= 0.3 is 5.97 Å². The Morgan fingerprint density at radius 1 is 1.47 bits per heavy atom. The van der Waals surface area contributed by atoms with Crippen molar-refractivity contribution in [2.45, 2.75) is 6.92 Å². The van der Waals surface area contributed by atoms with Crippen LogP contribution in [0, 0.1) is 6.92 Å². The number of carbonyl (C=O) groups excluding carboxylic acids is 1. The fraction of sp³-hybridized carbons (Fsp3) is 0.250. The molecule has 0 amide bonds. The molecule has 1 rings (SSSR count). The largest absolute Gasteiger partial charge is 0.508 e. The Bertz CT molecular complexity index is 441. The smallest absolute Gasteiger partial charge is 0.343 e. The Kier molecular flexibility index (Phi) is 5.71. The van der Waals surface area contributed by atoms with Crippen molar-refractivity contribution in [2.75, 3.05) is 10.7 Å². The maximum atomic E-state index is 11.8. The van der Waals surface area contributed by atoms with Crippen molar-refractivity contribution in [1.82, 2.24) is 0 Å². The highest BCUT2D eigenvalue weighted by molar-refractivity contribution is 9.09. The quantitative estimate of drug-likeness (QED) is 0.505. The van der Waals surface area contributed by atoms with E-state index in [2.05, 4.69) is 31.9 Å². The first-order chi connectivity index (χ1) is 8.08. The summed E-state index contributed by atoms with van der Waals surface area (Å²) in [5, 5.41) is 10.3. The highest BCUT2D eigenvalue weighted by Crippen LogP contribution is 2.18. The van der Waals surface area contributed by atoms with Gasteiger partial charge in [-0.25, -0.2) is 4.79 Å². The number of benzene rings is 1. The maximum Gasteiger partial charge on any atom is 0.343 e. The van der Waals surface area contributed by atoms with E-state index in [9.17, 15) is 9.90 Å². The molecule has 0 bridgehead atoms. The van der Waals surface area contributed by atoms with Crippen LogP contribution in [-0.2, 0) is 4.74 Å². The van der Waals surface area contributed by atoms with Gasteiger partial charge in [-0.3, -0.25) is 0 Å². The van der Waals surface area contributed by atoms with Crippen molar-refractivity contribution in [3.05, 3.63) is 41.2 Å². The van der Waals surface area contributed by atoms with E-state index in [1.807, 2.05) is 0 Å². The van der Waals surface area contributed by atoms with Gasteiger partial charge in [0.2, 0.25) is 0 Å². The van der Waals surface area contributed by atoms with Gasteiger partial charge in [0.1, 0.15) is 11.5 Å². The van der Waals surface area contributed by atoms with Crippen molar-refractivity contribution in [3.63, 3.8) is 0 Å².